The van der Waals surface area contributed by atoms with E-state index in [4.69, 9.17) is 4.74 Å². The first kappa shape index (κ1) is 14.6. The normalized spacial score (nSPS) is 28.6. The molecular weight excluding hydrogens is 244 g/mol. The van der Waals surface area contributed by atoms with E-state index in [0.29, 0.717) is 18.6 Å². The topological polar surface area (TPSA) is 61.8 Å². The lowest BCUT2D eigenvalue weighted by atomic mass is 10.0. The van der Waals surface area contributed by atoms with Gasteiger partial charge in [0, 0.05) is 19.1 Å². The Labute approximate surface area is 115 Å². The Morgan fingerprint density at radius 3 is 2.63 bits per heavy atom. The molecule has 5 nitrogen and oxygen atoms in total. The average molecular weight is 270 g/mol. The number of hydrogen-bond donors (Lipinski definition) is 2. The van der Waals surface area contributed by atoms with Gasteiger partial charge in [0.05, 0.1) is 12.7 Å². The Hall–Kier alpha value is -0.810. The molecule has 1 saturated carbocycles. The number of piperidine rings is 1. The van der Waals surface area contributed by atoms with Crippen LogP contribution in [0.5, 0.6) is 0 Å². The summed E-state index contributed by atoms with van der Waals surface area (Å²) in [6.45, 7) is 4.85. The van der Waals surface area contributed by atoms with Crippen LogP contribution >= 0.6 is 0 Å². The molecule has 0 aromatic carbocycles. The van der Waals surface area contributed by atoms with E-state index in [1.807, 2.05) is 6.92 Å². The van der Waals surface area contributed by atoms with Gasteiger partial charge in [-0.05, 0) is 51.5 Å². The Morgan fingerprint density at radius 2 is 2.05 bits per heavy atom. The summed E-state index contributed by atoms with van der Waals surface area (Å²) in [4.78, 5) is 13.4. The van der Waals surface area contributed by atoms with Crippen molar-refractivity contribution in [2.45, 2.75) is 51.2 Å². The van der Waals surface area contributed by atoms with Gasteiger partial charge < -0.3 is 20.1 Å². The van der Waals surface area contributed by atoms with Crippen LogP contribution in [0.25, 0.3) is 0 Å². The van der Waals surface area contributed by atoms with Crippen LogP contribution in [-0.4, -0.2) is 54.5 Å². The molecule has 2 rings (SSSR count). The fraction of sp³-hybridized carbons (Fsp3) is 0.929. The summed E-state index contributed by atoms with van der Waals surface area (Å²) in [6.07, 6.45) is 4.75. The Balaban J connectivity index is 1.62. The van der Waals surface area contributed by atoms with E-state index in [2.05, 4.69) is 5.32 Å². The third-order valence-corrected chi connectivity index (χ3v) is 4.23. The first-order valence-corrected chi connectivity index (χ1v) is 7.52. The summed E-state index contributed by atoms with van der Waals surface area (Å²) in [5, 5.41) is 13.1. The Bertz CT molecular complexity index is 290. The quantitative estimate of drug-likeness (QED) is 0.809. The van der Waals surface area contributed by atoms with Gasteiger partial charge in [-0.1, -0.05) is 0 Å². The fourth-order valence-corrected chi connectivity index (χ4v) is 3.05. The average Bonchev–Trinajstić information content (AvgIpc) is 2.83. The Morgan fingerprint density at radius 1 is 1.32 bits per heavy atom. The second-order valence-electron chi connectivity index (χ2n) is 5.70. The van der Waals surface area contributed by atoms with Gasteiger partial charge in [0.1, 0.15) is 0 Å². The van der Waals surface area contributed by atoms with Crippen molar-refractivity contribution in [3.8, 4) is 0 Å². The summed E-state index contributed by atoms with van der Waals surface area (Å²) in [5.74, 6) is 0.623. The van der Waals surface area contributed by atoms with Gasteiger partial charge >= 0.3 is 6.09 Å². The van der Waals surface area contributed by atoms with Crippen LogP contribution in [0.1, 0.15) is 39.0 Å². The molecule has 2 atom stereocenters. The maximum atomic E-state index is 11.6. The molecule has 5 heteroatoms. The standard InChI is InChI=1S/C14H26N2O3/c1-2-19-14(18)16-7-5-12(6-8-16)15-10-11-3-4-13(17)9-11/h11-13,15,17H,2-10H2,1H3. The number of carbonyl (C=O) groups is 1. The number of aliphatic hydroxyl groups excluding tert-OH is 1. The summed E-state index contributed by atoms with van der Waals surface area (Å²) >= 11 is 0. The predicted octanol–water partition coefficient (Wildman–Crippen LogP) is 1.36. The first-order valence-electron chi connectivity index (χ1n) is 7.52. The summed E-state index contributed by atoms with van der Waals surface area (Å²) in [6, 6.07) is 0.503. The molecule has 1 amide bonds. The summed E-state index contributed by atoms with van der Waals surface area (Å²) in [5.41, 5.74) is 0. The molecule has 1 aliphatic heterocycles. The largest absolute Gasteiger partial charge is 0.450 e. The van der Waals surface area contributed by atoms with Gasteiger partial charge in [-0.3, -0.25) is 0 Å². The van der Waals surface area contributed by atoms with E-state index in [0.717, 1.165) is 51.7 Å². The van der Waals surface area contributed by atoms with Gasteiger partial charge in [0.2, 0.25) is 0 Å². The van der Waals surface area contributed by atoms with Crippen LogP contribution < -0.4 is 5.32 Å². The molecule has 19 heavy (non-hydrogen) atoms. The zero-order valence-corrected chi connectivity index (χ0v) is 11.8. The lowest BCUT2D eigenvalue weighted by Crippen LogP contribution is -2.46. The molecule has 0 bridgehead atoms. The van der Waals surface area contributed by atoms with E-state index in [1.54, 1.807) is 4.90 Å². The van der Waals surface area contributed by atoms with Crippen LogP contribution in [0.15, 0.2) is 0 Å². The monoisotopic (exact) mass is 270 g/mol. The van der Waals surface area contributed by atoms with E-state index < -0.39 is 0 Å². The van der Waals surface area contributed by atoms with E-state index >= 15 is 0 Å². The molecule has 0 radical (unpaired) electrons. The molecule has 2 N–H and O–H groups in total. The van der Waals surface area contributed by atoms with Gasteiger partial charge in [-0.15, -0.1) is 0 Å². The predicted molar refractivity (Wildman–Crippen MR) is 73.0 cm³/mol. The highest BCUT2D eigenvalue weighted by molar-refractivity contribution is 5.67. The van der Waals surface area contributed by atoms with Crippen molar-refractivity contribution < 1.29 is 14.6 Å². The minimum atomic E-state index is -0.181. The third kappa shape index (κ3) is 4.35. The van der Waals surface area contributed by atoms with Crippen LogP contribution in [-0.2, 0) is 4.74 Å². The van der Waals surface area contributed by atoms with Crippen molar-refractivity contribution >= 4 is 6.09 Å². The van der Waals surface area contributed by atoms with Crippen molar-refractivity contribution in [2.24, 2.45) is 5.92 Å². The number of hydrogen-bond acceptors (Lipinski definition) is 4. The molecule has 1 saturated heterocycles. The third-order valence-electron chi connectivity index (χ3n) is 4.23. The summed E-state index contributed by atoms with van der Waals surface area (Å²) < 4.78 is 5.01. The number of carbonyl (C=O) groups excluding carboxylic acids is 1. The van der Waals surface area contributed by atoms with Crippen LogP contribution in [0, 0.1) is 5.92 Å². The number of likely N-dealkylation sites (tertiary alicyclic amines) is 1. The first-order chi connectivity index (χ1) is 9.19. The fourth-order valence-electron chi connectivity index (χ4n) is 3.05. The molecule has 110 valence electrons. The number of nitrogens with zero attached hydrogens (tertiary/aromatic N) is 1. The number of ether oxygens (including phenoxy) is 1. The van der Waals surface area contributed by atoms with Gasteiger partial charge in [0.25, 0.3) is 0 Å². The van der Waals surface area contributed by atoms with Crippen molar-refractivity contribution in [1.82, 2.24) is 10.2 Å². The van der Waals surface area contributed by atoms with Gasteiger partial charge in [-0.2, -0.15) is 0 Å². The SMILES string of the molecule is CCOC(=O)N1CCC(NCC2CCC(O)C2)CC1. The molecular formula is C14H26N2O3. The minimum Gasteiger partial charge on any atom is -0.450 e. The molecule has 2 unspecified atom stereocenters. The Kier molecular flexibility index (Phi) is 5.45. The van der Waals surface area contributed by atoms with E-state index in [9.17, 15) is 9.90 Å². The molecule has 2 aliphatic rings. The van der Waals surface area contributed by atoms with E-state index in [1.165, 1.54) is 0 Å². The molecule has 0 aromatic heterocycles. The smallest absolute Gasteiger partial charge is 0.409 e. The highest BCUT2D eigenvalue weighted by Crippen LogP contribution is 2.25. The number of amides is 1. The van der Waals surface area contributed by atoms with Crippen LogP contribution in [0.3, 0.4) is 0 Å². The zero-order valence-electron chi connectivity index (χ0n) is 11.8. The molecule has 2 fully saturated rings. The second-order valence-corrected chi connectivity index (χ2v) is 5.70. The van der Waals surface area contributed by atoms with Crippen LogP contribution in [0.2, 0.25) is 0 Å². The maximum absolute atomic E-state index is 11.6. The van der Waals surface area contributed by atoms with Crippen molar-refractivity contribution in [1.29, 1.82) is 0 Å². The summed E-state index contributed by atoms with van der Waals surface area (Å²) in [7, 11) is 0. The van der Waals surface area contributed by atoms with E-state index in [-0.39, 0.29) is 12.2 Å². The number of nitrogens with one attached hydrogen (secondary N) is 1. The lowest BCUT2D eigenvalue weighted by Gasteiger charge is -2.32. The van der Waals surface area contributed by atoms with Gasteiger partial charge in [0.15, 0.2) is 0 Å². The second kappa shape index (κ2) is 7.10. The highest BCUT2D eigenvalue weighted by Gasteiger charge is 2.26. The zero-order chi connectivity index (χ0) is 13.7. The molecule has 1 heterocycles. The van der Waals surface area contributed by atoms with Crippen molar-refractivity contribution in [3.05, 3.63) is 0 Å². The minimum absolute atomic E-state index is 0.0857. The van der Waals surface area contributed by atoms with Crippen molar-refractivity contribution in [2.75, 3.05) is 26.2 Å². The van der Waals surface area contributed by atoms with Crippen molar-refractivity contribution in [3.63, 3.8) is 0 Å². The lowest BCUT2D eigenvalue weighted by molar-refractivity contribution is 0.0946. The number of aliphatic hydroxyl groups is 1. The highest BCUT2D eigenvalue weighted by atomic mass is 16.6. The van der Waals surface area contributed by atoms with Crippen LogP contribution in [0.4, 0.5) is 4.79 Å². The number of rotatable bonds is 4. The molecule has 1 aliphatic carbocycles. The maximum Gasteiger partial charge on any atom is 0.409 e. The van der Waals surface area contributed by atoms with Gasteiger partial charge in [-0.25, -0.2) is 4.79 Å². The molecule has 0 spiro atoms. The molecule has 0 aromatic rings.